The second kappa shape index (κ2) is 9.64. The number of hydrogen-bond donors (Lipinski definition) is 1. The number of aromatic amines is 1. The summed E-state index contributed by atoms with van der Waals surface area (Å²) in [5.41, 5.74) is -0.514. The van der Waals surface area contributed by atoms with Crippen LogP contribution in [0.1, 0.15) is 18.7 Å². The predicted molar refractivity (Wildman–Crippen MR) is 125 cm³/mol. The van der Waals surface area contributed by atoms with Crippen molar-refractivity contribution in [2.45, 2.75) is 13.0 Å². The summed E-state index contributed by atoms with van der Waals surface area (Å²) in [6, 6.07) is 4.38. The van der Waals surface area contributed by atoms with Crippen LogP contribution < -0.4 is 15.2 Å². The van der Waals surface area contributed by atoms with E-state index in [9.17, 15) is 26.4 Å². The van der Waals surface area contributed by atoms with Gasteiger partial charge in [0.1, 0.15) is 15.7 Å². The number of halogens is 3. The fourth-order valence-corrected chi connectivity index (χ4v) is 4.69. The molecule has 4 aromatic rings. The average molecular weight is 523 g/mol. The van der Waals surface area contributed by atoms with Crippen molar-refractivity contribution in [2.24, 2.45) is 0 Å². The first-order chi connectivity index (χ1) is 17.0. The summed E-state index contributed by atoms with van der Waals surface area (Å²) >= 11 is 0. The van der Waals surface area contributed by atoms with Crippen LogP contribution in [0.15, 0.2) is 41.3 Å². The number of hydrogen-bond acceptors (Lipinski definition) is 7. The molecular weight excluding hydrogens is 501 g/mol. The fourth-order valence-electron chi connectivity index (χ4n) is 3.80. The maximum atomic E-state index is 14.3. The Labute approximate surface area is 203 Å². The molecule has 36 heavy (non-hydrogen) atoms. The van der Waals surface area contributed by atoms with Crippen molar-refractivity contribution in [3.8, 4) is 22.8 Å². The second-order valence-electron chi connectivity index (χ2n) is 7.93. The van der Waals surface area contributed by atoms with Crippen LogP contribution >= 0.6 is 0 Å². The maximum Gasteiger partial charge on any atom is 0.328 e. The number of ether oxygens (including phenoxy) is 2. The number of pyridine rings is 2. The van der Waals surface area contributed by atoms with Gasteiger partial charge in [0.05, 0.1) is 36.7 Å². The van der Waals surface area contributed by atoms with Crippen LogP contribution in [-0.4, -0.2) is 53.7 Å². The average Bonchev–Trinajstić information content (AvgIpc) is 3.14. The Morgan fingerprint density at radius 2 is 1.83 bits per heavy atom. The molecule has 9 nitrogen and oxygen atoms in total. The number of fused-ring (bicyclic) bond motifs is 1. The van der Waals surface area contributed by atoms with E-state index >= 15 is 0 Å². The van der Waals surface area contributed by atoms with Gasteiger partial charge >= 0.3 is 5.69 Å². The van der Waals surface area contributed by atoms with E-state index < -0.39 is 44.8 Å². The lowest BCUT2D eigenvalue weighted by Crippen LogP contribution is -2.29. The predicted octanol–water partition coefficient (Wildman–Crippen LogP) is 3.25. The maximum absolute atomic E-state index is 14.3. The number of benzene rings is 1. The van der Waals surface area contributed by atoms with E-state index in [1.165, 1.54) is 25.4 Å². The molecule has 0 saturated carbocycles. The van der Waals surface area contributed by atoms with Gasteiger partial charge in [-0.3, -0.25) is 4.57 Å². The van der Waals surface area contributed by atoms with Crippen LogP contribution in [0.4, 0.5) is 13.2 Å². The number of nitrogens with one attached hydrogen (secondary N) is 1. The number of sulfone groups is 1. The van der Waals surface area contributed by atoms with Gasteiger partial charge in [-0.05, 0) is 31.2 Å². The Hall–Kier alpha value is -3.87. The van der Waals surface area contributed by atoms with Crippen LogP contribution in [-0.2, 0) is 9.84 Å². The van der Waals surface area contributed by atoms with Crippen LogP contribution in [0, 0.1) is 17.5 Å². The van der Waals surface area contributed by atoms with Gasteiger partial charge in [0.2, 0.25) is 0 Å². The standard InChI is InChI=1S/C23H21F3N4O5S/c1-4-35-22-20(34-2)6-5-17(28-22)19(11-36(3,32)33)30-21-18(29-23(30)31)7-12(10-27-21)13-8-15(25)16(26)9-14(13)24/h5-10,19H,4,11H2,1-3H3,(H,29,31). The highest BCUT2D eigenvalue weighted by atomic mass is 32.2. The topological polar surface area (TPSA) is 116 Å². The zero-order valence-corrected chi connectivity index (χ0v) is 20.2. The number of methoxy groups -OCH3 is 1. The minimum Gasteiger partial charge on any atom is -0.491 e. The van der Waals surface area contributed by atoms with Gasteiger partial charge in [0, 0.05) is 29.6 Å². The third-order valence-corrected chi connectivity index (χ3v) is 6.26. The summed E-state index contributed by atoms with van der Waals surface area (Å²) in [4.78, 5) is 24.1. The molecule has 1 unspecified atom stereocenters. The molecule has 1 atom stereocenters. The molecule has 0 aliphatic heterocycles. The van der Waals surface area contributed by atoms with Crippen LogP contribution in [0.3, 0.4) is 0 Å². The smallest absolute Gasteiger partial charge is 0.328 e. The first kappa shape index (κ1) is 25.2. The van der Waals surface area contributed by atoms with Crippen molar-refractivity contribution >= 4 is 21.0 Å². The number of H-pyrrole nitrogens is 1. The Morgan fingerprint density at radius 1 is 1.11 bits per heavy atom. The molecule has 0 fully saturated rings. The van der Waals surface area contributed by atoms with E-state index in [-0.39, 0.29) is 40.5 Å². The third-order valence-electron chi connectivity index (χ3n) is 5.34. The number of nitrogens with zero attached hydrogens (tertiary/aromatic N) is 3. The minimum absolute atomic E-state index is 0.0518. The molecule has 1 N–H and O–H groups in total. The summed E-state index contributed by atoms with van der Waals surface area (Å²) < 4.78 is 77.8. The van der Waals surface area contributed by atoms with Gasteiger partial charge in [-0.15, -0.1) is 0 Å². The van der Waals surface area contributed by atoms with Gasteiger partial charge < -0.3 is 14.5 Å². The van der Waals surface area contributed by atoms with Gasteiger partial charge in [-0.1, -0.05) is 0 Å². The summed E-state index contributed by atoms with van der Waals surface area (Å²) in [6.07, 6.45) is 2.19. The highest BCUT2D eigenvalue weighted by Gasteiger charge is 2.27. The van der Waals surface area contributed by atoms with Crippen molar-refractivity contribution in [1.29, 1.82) is 0 Å². The minimum atomic E-state index is -3.63. The van der Waals surface area contributed by atoms with Gasteiger partial charge in [-0.2, -0.15) is 0 Å². The molecule has 3 heterocycles. The summed E-state index contributed by atoms with van der Waals surface area (Å²) in [7, 11) is -2.20. The number of rotatable bonds is 8. The Bertz CT molecular complexity index is 1620. The molecule has 0 spiro atoms. The van der Waals surface area contributed by atoms with Crippen LogP contribution in [0.25, 0.3) is 22.3 Å². The first-order valence-corrected chi connectivity index (χ1v) is 12.7. The Morgan fingerprint density at radius 3 is 2.50 bits per heavy atom. The molecular formula is C23H21F3N4O5S. The summed E-state index contributed by atoms with van der Waals surface area (Å²) in [5.74, 6) is -3.66. The molecule has 4 rings (SSSR count). The fraction of sp³-hybridized carbons (Fsp3) is 0.261. The molecule has 3 aromatic heterocycles. The highest BCUT2D eigenvalue weighted by molar-refractivity contribution is 7.90. The van der Waals surface area contributed by atoms with Crippen molar-refractivity contribution in [2.75, 3.05) is 25.7 Å². The Balaban J connectivity index is 1.89. The lowest BCUT2D eigenvalue weighted by atomic mass is 10.1. The van der Waals surface area contributed by atoms with Crippen LogP contribution in [0.2, 0.25) is 0 Å². The van der Waals surface area contributed by atoms with Crippen molar-refractivity contribution < 1.29 is 31.1 Å². The SMILES string of the molecule is CCOc1nc(C(CS(C)(=O)=O)n2c(=O)[nH]c3cc(-c4cc(F)c(F)cc4F)cnc32)ccc1OC. The molecule has 0 aliphatic rings. The number of imidazole rings is 1. The molecule has 0 aliphatic carbocycles. The molecule has 0 amide bonds. The molecule has 0 radical (unpaired) electrons. The van der Waals surface area contributed by atoms with Crippen molar-refractivity contribution in [3.05, 3.63) is 70.2 Å². The van der Waals surface area contributed by atoms with E-state index in [0.717, 1.165) is 10.8 Å². The summed E-state index contributed by atoms with van der Waals surface area (Å²) in [6.45, 7) is 2.00. The highest BCUT2D eigenvalue weighted by Crippen LogP contribution is 2.31. The van der Waals surface area contributed by atoms with E-state index in [1.807, 2.05) is 0 Å². The first-order valence-electron chi connectivity index (χ1n) is 10.6. The van der Waals surface area contributed by atoms with Gasteiger partial charge in [0.25, 0.3) is 5.88 Å². The zero-order chi connectivity index (χ0) is 26.2. The van der Waals surface area contributed by atoms with E-state index in [0.29, 0.717) is 17.9 Å². The largest absolute Gasteiger partial charge is 0.491 e. The molecule has 0 bridgehead atoms. The van der Waals surface area contributed by atoms with Gasteiger partial charge in [-0.25, -0.2) is 36.4 Å². The zero-order valence-electron chi connectivity index (χ0n) is 19.4. The lowest BCUT2D eigenvalue weighted by molar-refractivity contribution is 0.296. The molecule has 13 heteroatoms. The second-order valence-corrected chi connectivity index (χ2v) is 10.1. The lowest BCUT2D eigenvalue weighted by Gasteiger charge is -2.19. The third kappa shape index (κ3) is 4.91. The Kier molecular flexibility index (Phi) is 6.76. The molecule has 1 aromatic carbocycles. The van der Waals surface area contributed by atoms with Crippen LogP contribution in [0.5, 0.6) is 11.6 Å². The molecule has 190 valence electrons. The van der Waals surface area contributed by atoms with E-state index in [1.54, 1.807) is 13.0 Å². The number of aromatic nitrogens is 4. The van der Waals surface area contributed by atoms with Gasteiger partial charge in [0.15, 0.2) is 23.0 Å². The normalized spacial score (nSPS) is 12.6. The van der Waals surface area contributed by atoms with Crippen molar-refractivity contribution in [1.82, 2.24) is 19.5 Å². The van der Waals surface area contributed by atoms with E-state index in [4.69, 9.17) is 9.47 Å². The monoisotopic (exact) mass is 522 g/mol. The molecule has 0 saturated heterocycles. The van der Waals surface area contributed by atoms with Crippen molar-refractivity contribution in [3.63, 3.8) is 0 Å². The van der Waals surface area contributed by atoms with E-state index in [2.05, 4.69) is 15.0 Å². The summed E-state index contributed by atoms with van der Waals surface area (Å²) in [5, 5.41) is 0. The quantitative estimate of drug-likeness (QED) is 0.353.